The molecule has 1 amide bonds. The average Bonchev–Trinajstić information content (AvgIpc) is 3.13. The summed E-state index contributed by atoms with van der Waals surface area (Å²) in [5.41, 5.74) is 4.02. The molecular weight excluding hydrogens is 314 g/mol. The minimum Gasteiger partial charge on any atom is -0.467 e. The lowest BCUT2D eigenvalue weighted by atomic mass is 10.1. The highest BCUT2D eigenvalue weighted by atomic mass is 16.3. The highest BCUT2D eigenvalue weighted by Crippen LogP contribution is 2.22. The molecule has 1 aliphatic heterocycles. The molecule has 3 rings (SSSR count). The summed E-state index contributed by atoms with van der Waals surface area (Å²) in [6.07, 6.45) is 1.63. The number of amides is 1. The number of quaternary nitrogens is 1. The Morgan fingerprint density at radius 1 is 1.24 bits per heavy atom. The number of nitrogens with zero attached hydrogens (tertiary/aromatic N) is 1. The van der Waals surface area contributed by atoms with Crippen LogP contribution in [0.25, 0.3) is 0 Å². The lowest BCUT2D eigenvalue weighted by Crippen LogP contribution is -3.16. The van der Waals surface area contributed by atoms with Crippen molar-refractivity contribution in [2.24, 2.45) is 0 Å². The summed E-state index contributed by atoms with van der Waals surface area (Å²) < 4.78 is 5.34. The Morgan fingerprint density at radius 2 is 2.00 bits per heavy atom. The number of benzene rings is 1. The van der Waals surface area contributed by atoms with Crippen molar-refractivity contribution in [2.75, 3.05) is 37.6 Å². The normalized spacial score (nSPS) is 16.7. The number of rotatable bonds is 5. The lowest BCUT2D eigenvalue weighted by Gasteiger charge is -2.34. The van der Waals surface area contributed by atoms with E-state index in [4.69, 9.17) is 4.42 Å². The van der Waals surface area contributed by atoms with Crippen molar-refractivity contribution in [1.82, 2.24) is 5.32 Å². The van der Waals surface area contributed by atoms with Gasteiger partial charge in [0.1, 0.15) is 5.76 Å². The second-order valence-electron chi connectivity index (χ2n) is 6.94. The minimum absolute atomic E-state index is 0.0825. The first-order valence-electron chi connectivity index (χ1n) is 9.02. The molecule has 0 saturated carbocycles. The SMILES string of the molecule is Cc1cccc(N2CC[NH+](CC(=O)N[C@@H](C)c3ccco3)CC2)c1C. The van der Waals surface area contributed by atoms with Crippen LogP contribution >= 0.6 is 0 Å². The topological polar surface area (TPSA) is 49.9 Å². The zero-order valence-corrected chi connectivity index (χ0v) is 15.3. The van der Waals surface area contributed by atoms with Crippen molar-refractivity contribution in [1.29, 1.82) is 0 Å². The van der Waals surface area contributed by atoms with E-state index >= 15 is 0 Å². The Labute approximate surface area is 149 Å². The van der Waals surface area contributed by atoms with Gasteiger partial charge >= 0.3 is 0 Å². The number of anilines is 1. The number of aryl methyl sites for hydroxylation is 1. The second kappa shape index (κ2) is 7.74. The molecule has 2 N–H and O–H groups in total. The predicted molar refractivity (Wildman–Crippen MR) is 99.0 cm³/mol. The van der Waals surface area contributed by atoms with Crippen LogP contribution in [0.2, 0.25) is 0 Å². The van der Waals surface area contributed by atoms with E-state index in [-0.39, 0.29) is 11.9 Å². The molecule has 2 heterocycles. The Kier molecular flexibility index (Phi) is 5.43. The van der Waals surface area contributed by atoms with E-state index in [1.807, 2.05) is 19.1 Å². The Hall–Kier alpha value is -2.27. The van der Waals surface area contributed by atoms with Crippen LogP contribution in [0, 0.1) is 13.8 Å². The number of hydrogen-bond donors (Lipinski definition) is 2. The molecule has 1 saturated heterocycles. The Bertz CT molecular complexity index is 704. The molecule has 1 aromatic carbocycles. The van der Waals surface area contributed by atoms with Crippen molar-refractivity contribution >= 4 is 11.6 Å². The maximum absolute atomic E-state index is 12.3. The highest BCUT2D eigenvalue weighted by molar-refractivity contribution is 5.77. The molecular formula is C20H28N3O2+. The van der Waals surface area contributed by atoms with Gasteiger partial charge in [-0.05, 0) is 50.1 Å². The van der Waals surface area contributed by atoms with Crippen molar-refractivity contribution in [3.8, 4) is 0 Å². The Balaban J connectivity index is 1.49. The van der Waals surface area contributed by atoms with Gasteiger partial charge in [0.05, 0.1) is 38.5 Å². The average molecular weight is 342 g/mol. The molecule has 2 aromatic rings. The number of piperazine rings is 1. The predicted octanol–water partition coefficient (Wildman–Crippen LogP) is 1.48. The summed E-state index contributed by atoms with van der Waals surface area (Å²) in [5, 5.41) is 3.02. The summed E-state index contributed by atoms with van der Waals surface area (Å²) in [4.78, 5) is 16.1. The molecule has 25 heavy (non-hydrogen) atoms. The highest BCUT2D eigenvalue weighted by Gasteiger charge is 2.24. The Morgan fingerprint density at radius 3 is 2.68 bits per heavy atom. The maximum Gasteiger partial charge on any atom is 0.275 e. The lowest BCUT2D eigenvalue weighted by molar-refractivity contribution is -0.892. The van der Waals surface area contributed by atoms with E-state index in [0.717, 1.165) is 31.9 Å². The van der Waals surface area contributed by atoms with Crippen LogP contribution in [0.5, 0.6) is 0 Å². The van der Waals surface area contributed by atoms with Crippen molar-refractivity contribution in [3.05, 3.63) is 53.5 Å². The van der Waals surface area contributed by atoms with E-state index in [9.17, 15) is 4.79 Å². The van der Waals surface area contributed by atoms with Crippen molar-refractivity contribution in [2.45, 2.75) is 26.8 Å². The van der Waals surface area contributed by atoms with Crippen LogP contribution in [0.15, 0.2) is 41.0 Å². The molecule has 5 nitrogen and oxygen atoms in total. The largest absolute Gasteiger partial charge is 0.467 e. The quantitative estimate of drug-likeness (QED) is 0.865. The number of carbonyl (C=O) groups is 1. The van der Waals surface area contributed by atoms with Gasteiger partial charge in [0, 0.05) is 5.69 Å². The summed E-state index contributed by atoms with van der Waals surface area (Å²) in [5.74, 6) is 0.877. The third-order valence-electron chi connectivity index (χ3n) is 5.15. The van der Waals surface area contributed by atoms with Crippen LogP contribution in [0.3, 0.4) is 0 Å². The van der Waals surface area contributed by atoms with Crippen LogP contribution in [-0.4, -0.2) is 38.6 Å². The van der Waals surface area contributed by atoms with Gasteiger partial charge in [-0.25, -0.2) is 0 Å². The van der Waals surface area contributed by atoms with Gasteiger partial charge in [-0.3, -0.25) is 4.79 Å². The third kappa shape index (κ3) is 4.23. The molecule has 1 aromatic heterocycles. The molecule has 0 spiro atoms. The number of furan rings is 1. The standard InChI is InChI=1S/C20H27N3O2/c1-15-6-4-7-18(16(15)2)23-11-9-22(10-12-23)14-20(24)21-17(3)19-8-5-13-25-19/h4-8,13,17H,9-12,14H2,1-3H3,(H,21,24)/p+1/t17-/m0/s1. The first-order chi connectivity index (χ1) is 12.0. The molecule has 5 heteroatoms. The van der Waals surface area contributed by atoms with Gasteiger partial charge in [-0.1, -0.05) is 12.1 Å². The van der Waals surface area contributed by atoms with Gasteiger partial charge in [0.15, 0.2) is 6.54 Å². The third-order valence-corrected chi connectivity index (χ3v) is 5.15. The zero-order chi connectivity index (χ0) is 17.8. The van der Waals surface area contributed by atoms with Gasteiger partial charge in [0.25, 0.3) is 5.91 Å². The summed E-state index contributed by atoms with van der Waals surface area (Å²) >= 11 is 0. The number of hydrogen-bond acceptors (Lipinski definition) is 3. The summed E-state index contributed by atoms with van der Waals surface area (Å²) in [7, 11) is 0. The molecule has 0 radical (unpaired) electrons. The molecule has 0 aliphatic carbocycles. The number of nitrogens with one attached hydrogen (secondary N) is 2. The zero-order valence-electron chi connectivity index (χ0n) is 15.3. The monoisotopic (exact) mass is 342 g/mol. The van der Waals surface area contributed by atoms with Crippen LogP contribution in [0.4, 0.5) is 5.69 Å². The van der Waals surface area contributed by atoms with E-state index in [1.54, 1.807) is 6.26 Å². The fourth-order valence-electron chi connectivity index (χ4n) is 3.45. The van der Waals surface area contributed by atoms with Gasteiger partial charge in [-0.2, -0.15) is 0 Å². The molecule has 1 atom stereocenters. The van der Waals surface area contributed by atoms with Crippen molar-refractivity contribution < 1.29 is 14.1 Å². The van der Waals surface area contributed by atoms with Gasteiger partial charge < -0.3 is 19.5 Å². The molecule has 0 unspecified atom stereocenters. The van der Waals surface area contributed by atoms with Crippen LogP contribution in [0.1, 0.15) is 29.9 Å². The van der Waals surface area contributed by atoms with E-state index in [1.165, 1.54) is 21.7 Å². The summed E-state index contributed by atoms with van der Waals surface area (Å²) in [6, 6.07) is 10.1. The van der Waals surface area contributed by atoms with E-state index in [2.05, 4.69) is 42.3 Å². The molecule has 134 valence electrons. The van der Waals surface area contributed by atoms with Gasteiger partial charge in [0.2, 0.25) is 0 Å². The number of carbonyl (C=O) groups excluding carboxylic acids is 1. The second-order valence-corrected chi connectivity index (χ2v) is 6.94. The first kappa shape index (κ1) is 17.5. The minimum atomic E-state index is -0.0851. The van der Waals surface area contributed by atoms with E-state index < -0.39 is 0 Å². The molecule has 0 bridgehead atoms. The van der Waals surface area contributed by atoms with Gasteiger partial charge in [-0.15, -0.1) is 0 Å². The fourth-order valence-corrected chi connectivity index (χ4v) is 3.45. The smallest absolute Gasteiger partial charge is 0.275 e. The van der Waals surface area contributed by atoms with Crippen LogP contribution < -0.4 is 15.1 Å². The maximum atomic E-state index is 12.3. The molecule has 1 aliphatic rings. The fraction of sp³-hybridized carbons (Fsp3) is 0.450. The van der Waals surface area contributed by atoms with Crippen molar-refractivity contribution in [3.63, 3.8) is 0 Å². The van der Waals surface area contributed by atoms with E-state index in [0.29, 0.717) is 6.54 Å². The van der Waals surface area contributed by atoms with Crippen LogP contribution in [-0.2, 0) is 4.79 Å². The molecule has 1 fully saturated rings. The summed E-state index contributed by atoms with van der Waals surface area (Å²) in [6.45, 7) is 10.8. The first-order valence-corrected chi connectivity index (χ1v) is 9.02.